The molecule has 0 heterocycles. The monoisotopic (exact) mass is 190 g/mol. The van der Waals surface area contributed by atoms with Crippen molar-refractivity contribution in [3.63, 3.8) is 0 Å². The lowest BCUT2D eigenvalue weighted by molar-refractivity contribution is 0.00899. The van der Waals surface area contributed by atoms with Gasteiger partial charge in [0.15, 0.2) is 0 Å². The fourth-order valence-corrected chi connectivity index (χ4v) is 3.04. The molecule has 3 rings (SSSR count). The Bertz CT molecular complexity index is 327. The molecule has 0 saturated heterocycles. The van der Waals surface area contributed by atoms with Crippen LogP contribution in [0.4, 0.5) is 4.39 Å². The van der Waals surface area contributed by atoms with Crippen molar-refractivity contribution in [2.45, 2.75) is 38.0 Å². The summed E-state index contributed by atoms with van der Waals surface area (Å²) in [4.78, 5) is 0. The largest absolute Gasteiger partial charge is 0.207 e. The van der Waals surface area contributed by atoms with Crippen molar-refractivity contribution in [1.29, 1.82) is 0 Å². The van der Waals surface area contributed by atoms with Crippen molar-refractivity contribution in [3.05, 3.63) is 35.6 Å². The Hall–Kier alpha value is -0.850. The summed E-state index contributed by atoms with van der Waals surface area (Å²) in [5.74, 6) is 0.599. The van der Waals surface area contributed by atoms with E-state index >= 15 is 0 Å². The Morgan fingerprint density at radius 2 is 1.71 bits per heavy atom. The summed E-state index contributed by atoms with van der Waals surface area (Å²) in [5.41, 5.74) is 2.06. The Balaban J connectivity index is 1.70. The molecule has 2 fully saturated rings. The molecule has 1 spiro atoms. The van der Waals surface area contributed by atoms with Crippen LogP contribution >= 0.6 is 0 Å². The Labute approximate surface area is 84.1 Å². The second-order valence-corrected chi connectivity index (χ2v) is 5.01. The minimum Gasteiger partial charge on any atom is -0.207 e. The maximum Gasteiger partial charge on any atom is 0.123 e. The molecule has 2 aliphatic rings. The molecule has 0 nitrogen and oxygen atoms in total. The van der Waals surface area contributed by atoms with Gasteiger partial charge in [-0.25, -0.2) is 4.39 Å². The third-order valence-electron chi connectivity index (χ3n) is 4.11. The topological polar surface area (TPSA) is 0 Å². The predicted molar refractivity (Wildman–Crippen MR) is 54.7 cm³/mol. The van der Waals surface area contributed by atoms with E-state index in [-0.39, 0.29) is 5.82 Å². The quantitative estimate of drug-likeness (QED) is 0.630. The standard InChI is InChI=1S/C13H15F/c14-12-4-2-10(3-5-12)11-8-13(9-11)6-1-7-13/h2-5,11H,1,6-9H2. The van der Waals surface area contributed by atoms with Gasteiger partial charge in [0.1, 0.15) is 5.82 Å². The van der Waals surface area contributed by atoms with Gasteiger partial charge in [0, 0.05) is 0 Å². The molecule has 2 aliphatic carbocycles. The summed E-state index contributed by atoms with van der Waals surface area (Å²) < 4.78 is 12.7. The normalized spacial score (nSPS) is 24.4. The van der Waals surface area contributed by atoms with Gasteiger partial charge in [-0.3, -0.25) is 0 Å². The second-order valence-electron chi connectivity index (χ2n) is 5.01. The van der Waals surface area contributed by atoms with Crippen molar-refractivity contribution in [3.8, 4) is 0 Å². The highest BCUT2D eigenvalue weighted by atomic mass is 19.1. The molecular weight excluding hydrogens is 175 g/mol. The van der Waals surface area contributed by atoms with Gasteiger partial charge in [-0.2, -0.15) is 0 Å². The Kier molecular flexibility index (Phi) is 1.70. The van der Waals surface area contributed by atoms with Gasteiger partial charge in [0.25, 0.3) is 0 Å². The highest BCUT2D eigenvalue weighted by Crippen LogP contribution is 2.61. The van der Waals surface area contributed by atoms with Crippen molar-refractivity contribution >= 4 is 0 Å². The van der Waals surface area contributed by atoms with Crippen LogP contribution in [0, 0.1) is 11.2 Å². The minimum atomic E-state index is -0.119. The van der Waals surface area contributed by atoms with E-state index in [2.05, 4.69) is 0 Å². The van der Waals surface area contributed by atoms with E-state index in [1.54, 1.807) is 12.1 Å². The lowest BCUT2D eigenvalue weighted by atomic mass is 9.51. The number of halogens is 1. The Morgan fingerprint density at radius 1 is 1.07 bits per heavy atom. The molecular formula is C13H15F. The molecule has 0 amide bonds. The molecule has 2 saturated carbocycles. The van der Waals surface area contributed by atoms with E-state index in [9.17, 15) is 4.39 Å². The van der Waals surface area contributed by atoms with Gasteiger partial charge in [-0.05, 0) is 54.7 Å². The first-order valence-corrected chi connectivity index (χ1v) is 5.53. The highest BCUT2D eigenvalue weighted by molar-refractivity contribution is 5.25. The van der Waals surface area contributed by atoms with Crippen molar-refractivity contribution in [1.82, 2.24) is 0 Å². The van der Waals surface area contributed by atoms with Crippen LogP contribution in [0.3, 0.4) is 0 Å². The van der Waals surface area contributed by atoms with Crippen LogP contribution in [0.1, 0.15) is 43.6 Å². The van der Waals surface area contributed by atoms with Crippen molar-refractivity contribution < 1.29 is 4.39 Å². The average molecular weight is 190 g/mol. The summed E-state index contributed by atoms with van der Waals surface area (Å²) in [6.45, 7) is 0. The second kappa shape index (κ2) is 2.82. The van der Waals surface area contributed by atoms with Gasteiger partial charge in [-0.15, -0.1) is 0 Å². The lowest BCUT2D eigenvalue weighted by Gasteiger charge is -2.54. The zero-order valence-electron chi connectivity index (χ0n) is 8.30. The maximum absolute atomic E-state index is 12.7. The zero-order valence-corrected chi connectivity index (χ0v) is 8.30. The van der Waals surface area contributed by atoms with E-state index < -0.39 is 0 Å². The number of hydrogen-bond donors (Lipinski definition) is 0. The van der Waals surface area contributed by atoms with E-state index in [1.165, 1.54) is 37.7 Å². The fraction of sp³-hybridized carbons (Fsp3) is 0.538. The van der Waals surface area contributed by atoms with Crippen LogP contribution in [-0.4, -0.2) is 0 Å². The summed E-state index contributed by atoms with van der Waals surface area (Å²) in [5, 5.41) is 0. The van der Waals surface area contributed by atoms with Gasteiger partial charge in [0.2, 0.25) is 0 Å². The van der Waals surface area contributed by atoms with Crippen LogP contribution in [0.25, 0.3) is 0 Å². The first-order chi connectivity index (χ1) is 6.77. The molecule has 1 heteroatoms. The van der Waals surface area contributed by atoms with Crippen LogP contribution < -0.4 is 0 Å². The summed E-state index contributed by atoms with van der Waals surface area (Å²) >= 11 is 0. The first-order valence-electron chi connectivity index (χ1n) is 5.53. The first kappa shape index (κ1) is 8.46. The van der Waals surface area contributed by atoms with Crippen LogP contribution in [-0.2, 0) is 0 Å². The van der Waals surface area contributed by atoms with E-state index in [4.69, 9.17) is 0 Å². The molecule has 1 aromatic carbocycles. The van der Waals surface area contributed by atoms with E-state index in [0.29, 0.717) is 0 Å². The number of benzene rings is 1. The maximum atomic E-state index is 12.7. The SMILES string of the molecule is Fc1ccc(C2CC3(CCC3)C2)cc1. The smallest absolute Gasteiger partial charge is 0.123 e. The fourth-order valence-electron chi connectivity index (χ4n) is 3.04. The summed E-state index contributed by atoms with van der Waals surface area (Å²) in [6, 6.07) is 7.07. The predicted octanol–water partition coefficient (Wildman–Crippen LogP) is 3.87. The summed E-state index contributed by atoms with van der Waals surface area (Å²) in [7, 11) is 0. The minimum absolute atomic E-state index is 0.119. The average Bonchev–Trinajstić information content (AvgIpc) is 2.03. The van der Waals surface area contributed by atoms with Crippen LogP contribution in [0.2, 0.25) is 0 Å². The molecule has 0 radical (unpaired) electrons. The molecule has 0 bridgehead atoms. The summed E-state index contributed by atoms with van der Waals surface area (Å²) in [6.07, 6.45) is 6.99. The third-order valence-corrected chi connectivity index (χ3v) is 4.11. The number of rotatable bonds is 1. The van der Waals surface area contributed by atoms with Crippen molar-refractivity contribution in [2.24, 2.45) is 5.41 Å². The van der Waals surface area contributed by atoms with E-state index in [0.717, 1.165) is 11.3 Å². The lowest BCUT2D eigenvalue weighted by Crippen LogP contribution is -2.41. The van der Waals surface area contributed by atoms with Crippen molar-refractivity contribution in [2.75, 3.05) is 0 Å². The van der Waals surface area contributed by atoms with Gasteiger partial charge < -0.3 is 0 Å². The zero-order chi connectivity index (χ0) is 9.60. The number of hydrogen-bond acceptors (Lipinski definition) is 0. The molecule has 0 atom stereocenters. The van der Waals surface area contributed by atoms with Crippen LogP contribution in [0.5, 0.6) is 0 Å². The van der Waals surface area contributed by atoms with Gasteiger partial charge >= 0.3 is 0 Å². The Morgan fingerprint density at radius 3 is 2.21 bits per heavy atom. The molecule has 74 valence electrons. The van der Waals surface area contributed by atoms with E-state index in [1.807, 2.05) is 12.1 Å². The van der Waals surface area contributed by atoms with Gasteiger partial charge in [-0.1, -0.05) is 18.6 Å². The van der Waals surface area contributed by atoms with Crippen LogP contribution in [0.15, 0.2) is 24.3 Å². The molecule has 0 unspecified atom stereocenters. The molecule has 14 heavy (non-hydrogen) atoms. The molecule has 0 aliphatic heterocycles. The molecule has 0 N–H and O–H groups in total. The molecule has 0 aromatic heterocycles. The highest BCUT2D eigenvalue weighted by Gasteiger charge is 2.48. The van der Waals surface area contributed by atoms with Gasteiger partial charge in [0.05, 0.1) is 0 Å². The molecule has 1 aromatic rings. The third kappa shape index (κ3) is 1.18.